The summed E-state index contributed by atoms with van der Waals surface area (Å²) in [6.45, 7) is 2.35. The van der Waals surface area contributed by atoms with E-state index in [0.29, 0.717) is 13.1 Å². The number of urea groups is 1. The number of rotatable bonds is 4. The van der Waals surface area contributed by atoms with Gasteiger partial charge in [-0.05, 0) is 31.2 Å². The highest BCUT2D eigenvalue weighted by Crippen LogP contribution is 2.34. The van der Waals surface area contributed by atoms with Crippen LogP contribution in [0.1, 0.15) is 11.1 Å². The van der Waals surface area contributed by atoms with Crippen LogP contribution in [0.4, 0.5) is 29.3 Å². The number of amides is 3. The standard InChI is InChI=1S/C19H18F3N3O2/c1-13-6-8-14(9-7-13)25-11-10-24(18(25)27)12-17(26)23-16-5-3-2-4-15(16)19(20,21)22/h2-9H,10-12H2,1H3,(H,23,26). The van der Waals surface area contributed by atoms with Crippen LogP contribution >= 0.6 is 0 Å². The summed E-state index contributed by atoms with van der Waals surface area (Å²) in [5.41, 5.74) is 0.533. The molecule has 3 amide bonds. The van der Waals surface area contributed by atoms with Crippen LogP contribution in [-0.2, 0) is 11.0 Å². The molecule has 0 aromatic heterocycles. The second-order valence-corrected chi connectivity index (χ2v) is 6.28. The molecule has 3 rings (SSSR count). The van der Waals surface area contributed by atoms with E-state index in [1.54, 1.807) is 0 Å². The monoisotopic (exact) mass is 377 g/mol. The van der Waals surface area contributed by atoms with Crippen LogP contribution in [0.5, 0.6) is 0 Å². The van der Waals surface area contributed by atoms with Crippen LogP contribution in [0, 0.1) is 6.92 Å². The molecule has 0 saturated carbocycles. The van der Waals surface area contributed by atoms with Gasteiger partial charge in [0.2, 0.25) is 5.91 Å². The van der Waals surface area contributed by atoms with Crippen molar-refractivity contribution in [3.63, 3.8) is 0 Å². The van der Waals surface area contributed by atoms with E-state index in [4.69, 9.17) is 0 Å². The molecule has 2 aromatic rings. The van der Waals surface area contributed by atoms with Crippen molar-refractivity contribution in [2.24, 2.45) is 0 Å². The Hall–Kier alpha value is -3.03. The first kappa shape index (κ1) is 18.8. The summed E-state index contributed by atoms with van der Waals surface area (Å²) in [6, 6.07) is 11.8. The molecule has 0 spiro atoms. The van der Waals surface area contributed by atoms with Gasteiger partial charge in [-0.2, -0.15) is 13.2 Å². The minimum Gasteiger partial charge on any atom is -0.324 e. The third-order valence-electron chi connectivity index (χ3n) is 4.28. The van der Waals surface area contributed by atoms with Gasteiger partial charge in [0.1, 0.15) is 6.54 Å². The fraction of sp³-hybridized carbons (Fsp3) is 0.263. The number of nitrogens with zero attached hydrogens (tertiary/aromatic N) is 2. The fourth-order valence-electron chi connectivity index (χ4n) is 2.90. The Kier molecular flexibility index (Phi) is 5.07. The summed E-state index contributed by atoms with van der Waals surface area (Å²) in [6.07, 6.45) is -4.57. The van der Waals surface area contributed by atoms with Gasteiger partial charge >= 0.3 is 12.2 Å². The van der Waals surface area contributed by atoms with Crippen molar-refractivity contribution in [2.45, 2.75) is 13.1 Å². The zero-order valence-corrected chi connectivity index (χ0v) is 14.6. The SMILES string of the molecule is Cc1ccc(N2CCN(CC(=O)Nc3ccccc3C(F)(F)F)C2=O)cc1. The Labute approximate surface area is 154 Å². The molecule has 0 unspecified atom stereocenters. The molecule has 1 fully saturated rings. The maximum Gasteiger partial charge on any atom is 0.418 e. The molecule has 1 heterocycles. The van der Waals surface area contributed by atoms with E-state index >= 15 is 0 Å². The van der Waals surface area contributed by atoms with Crippen LogP contribution in [-0.4, -0.2) is 36.5 Å². The molecule has 2 aromatic carbocycles. The average molecular weight is 377 g/mol. The highest BCUT2D eigenvalue weighted by Gasteiger charge is 2.34. The number of aryl methyl sites for hydroxylation is 1. The quantitative estimate of drug-likeness (QED) is 0.879. The Morgan fingerprint density at radius 3 is 2.41 bits per heavy atom. The number of halogens is 3. The normalized spacial score (nSPS) is 14.6. The van der Waals surface area contributed by atoms with Gasteiger partial charge in [0.05, 0.1) is 11.3 Å². The molecule has 8 heteroatoms. The highest BCUT2D eigenvalue weighted by atomic mass is 19.4. The Balaban J connectivity index is 1.66. The van der Waals surface area contributed by atoms with E-state index in [1.165, 1.54) is 28.0 Å². The predicted octanol–water partition coefficient (Wildman–Crippen LogP) is 3.89. The lowest BCUT2D eigenvalue weighted by molar-refractivity contribution is -0.137. The average Bonchev–Trinajstić information content (AvgIpc) is 2.96. The van der Waals surface area contributed by atoms with Crippen LogP contribution < -0.4 is 10.2 Å². The topological polar surface area (TPSA) is 52.6 Å². The Morgan fingerprint density at radius 1 is 1.07 bits per heavy atom. The van der Waals surface area contributed by atoms with Crippen molar-refractivity contribution >= 4 is 23.3 Å². The Bertz CT molecular complexity index is 850. The summed E-state index contributed by atoms with van der Waals surface area (Å²) in [5, 5.41) is 2.26. The molecular formula is C19H18F3N3O2. The molecule has 1 N–H and O–H groups in total. The van der Waals surface area contributed by atoms with Gasteiger partial charge < -0.3 is 10.2 Å². The number of hydrogen-bond donors (Lipinski definition) is 1. The maximum absolute atomic E-state index is 13.0. The van der Waals surface area contributed by atoms with Gasteiger partial charge in [0.15, 0.2) is 0 Å². The van der Waals surface area contributed by atoms with Gasteiger partial charge in [0.25, 0.3) is 0 Å². The lowest BCUT2D eigenvalue weighted by atomic mass is 10.1. The van der Waals surface area contributed by atoms with Crippen molar-refractivity contribution < 1.29 is 22.8 Å². The molecule has 27 heavy (non-hydrogen) atoms. The third kappa shape index (κ3) is 4.21. The number of carbonyl (C=O) groups is 2. The lowest BCUT2D eigenvalue weighted by Crippen LogP contribution is -2.37. The van der Waals surface area contributed by atoms with Crippen molar-refractivity contribution in [1.29, 1.82) is 0 Å². The summed E-state index contributed by atoms with van der Waals surface area (Å²) < 4.78 is 39.0. The van der Waals surface area contributed by atoms with Crippen molar-refractivity contribution in [3.05, 3.63) is 59.7 Å². The molecule has 0 atom stereocenters. The molecule has 5 nitrogen and oxygen atoms in total. The third-order valence-corrected chi connectivity index (χ3v) is 4.28. The van der Waals surface area contributed by atoms with Crippen LogP contribution in [0.25, 0.3) is 0 Å². The summed E-state index contributed by atoms with van der Waals surface area (Å²) in [7, 11) is 0. The maximum atomic E-state index is 13.0. The van der Waals surface area contributed by atoms with E-state index < -0.39 is 17.6 Å². The van der Waals surface area contributed by atoms with Gasteiger partial charge in [-0.1, -0.05) is 29.8 Å². The molecule has 0 radical (unpaired) electrons. The van der Waals surface area contributed by atoms with Crippen LogP contribution in [0.15, 0.2) is 48.5 Å². The van der Waals surface area contributed by atoms with Crippen molar-refractivity contribution in [2.75, 3.05) is 29.9 Å². The number of benzene rings is 2. The van der Waals surface area contributed by atoms with E-state index in [9.17, 15) is 22.8 Å². The fourth-order valence-corrected chi connectivity index (χ4v) is 2.90. The molecular weight excluding hydrogens is 359 g/mol. The van der Waals surface area contributed by atoms with Gasteiger partial charge in [0, 0.05) is 18.8 Å². The second kappa shape index (κ2) is 7.30. The highest BCUT2D eigenvalue weighted by molar-refractivity contribution is 5.99. The molecule has 0 aliphatic carbocycles. The van der Waals surface area contributed by atoms with E-state index in [1.807, 2.05) is 31.2 Å². The first-order valence-corrected chi connectivity index (χ1v) is 8.35. The van der Waals surface area contributed by atoms with E-state index in [-0.39, 0.29) is 18.3 Å². The minimum absolute atomic E-state index is 0.312. The smallest absolute Gasteiger partial charge is 0.324 e. The number of hydrogen-bond acceptors (Lipinski definition) is 2. The molecule has 1 saturated heterocycles. The summed E-state index contributed by atoms with van der Waals surface area (Å²) >= 11 is 0. The van der Waals surface area contributed by atoms with Gasteiger partial charge in [-0.3, -0.25) is 9.69 Å². The number of carbonyl (C=O) groups excluding carboxylic acids is 2. The summed E-state index contributed by atoms with van der Waals surface area (Å²) in [5.74, 6) is -0.675. The van der Waals surface area contributed by atoms with Crippen LogP contribution in [0.2, 0.25) is 0 Å². The number of anilines is 2. The van der Waals surface area contributed by atoms with Crippen LogP contribution in [0.3, 0.4) is 0 Å². The summed E-state index contributed by atoms with van der Waals surface area (Å²) in [4.78, 5) is 27.5. The molecule has 142 valence electrons. The largest absolute Gasteiger partial charge is 0.418 e. The number of nitrogens with one attached hydrogen (secondary N) is 1. The zero-order valence-electron chi connectivity index (χ0n) is 14.6. The Morgan fingerprint density at radius 2 is 1.74 bits per heavy atom. The molecule has 1 aliphatic rings. The van der Waals surface area contributed by atoms with Crippen molar-refractivity contribution in [1.82, 2.24) is 4.90 Å². The first-order valence-electron chi connectivity index (χ1n) is 8.35. The number of alkyl halides is 3. The number of para-hydroxylation sites is 1. The lowest BCUT2D eigenvalue weighted by Gasteiger charge is -2.19. The molecule has 0 bridgehead atoms. The van der Waals surface area contributed by atoms with E-state index in [0.717, 1.165) is 17.3 Å². The molecule has 1 aliphatic heterocycles. The first-order chi connectivity index (χ1) is 12.8. The van der Waals surface area contributed by atoms with Crippen molar-refractivity contribution in [3.8, 4) is 0 Å². The van der Waals surface area contributed by atoms with Gasteiger partial charge in [-0.15, -0.1) is 0 Å². The predicted molar refractivity (Wildman–Crippen MR) is 95.6 cm³/mol. The second-order valence-electron chi connectivity index (χ2n) is 6.28. The minimum atomic E-state index is -4.57. The zero-order chi connectivity index (χ0) is 19.6. The van der Waals surface area contributed by atoms with Gasteiger partial charge in [-0.25, -0.2) is 4.79 Å². The van der Waals surface area contributed by atoms with E-state index in [2.05, 4.69) is 5.32 Å².